The predicted molar refractivity (Wildman–Crippen MR) is 527 cm³/mol. The molecular weight excluding hydrogens is 1960 g/mol. The van der Waals surface area contributed by atoms with Crippen molar-refractivity contribution in [3.8, 4) is 57.0 Å². The summed E-state index contributed by atoms with van der Waals surface area (Å²) in [7, 11) is 0. The molecule has 0 atom stereocenters. The van der Waals surface area contributed by atoms with Crippen molar-refractivity contribution in [1.29, 1.82) is 0 Å². The van der Waals surface area contributed by atoms with Gasteiger partial charge in [-0.05, 0) is 185 Å². The molecule has 0 aliphatic carbocycles. The fourth-order valence-corrected chi connectivity index (χ4v) is 15.5. The standard InChI is InChI=1S/C28H28F3N7O3.C26H28F3N5O4.C25H25F3N4O4.C23H22F3N5O2/c1-17-7-8-20(32-25(39)18-5-4-6-19(13-18)28(29,30)31)14-21(17)22-15-24(37-9-11-41-12-10-37)34-26(33-22)38-16-23(35-36-38)27(2,3)40;1-16-5-6-19(30-24(37)17-3-2-4-18(11-17)26(27,28)29)12-21(16)22-13-23(34-7-9-38-10-8-34)33-25(32-22)31-20(14-35)15-36;1-16-5-6-19(29-23(34)17-3-2-4-18(13-17)25(26,27)28)14-20(16)21-15-22(32-7-10-35-11-8-32)31-24(30-21)36-12-9-33;1-14-5-6-17(28-21(32)15-3-2-4-16(11-15)23(24,25)26)12-18(14)19-13-20(30-22(27)29-19)31-7-9-33-10-8-31/h4-8,13-16,40H,9-12H2,1-3H3,(H,32,39);2-6,11-13,20,35-36H,7-10,14-15H2,1H3,(H,30,37)(H,31,32,33);2-6,13-15,33H,7-12H2,1H3,(H,29,34);2-6,11-13H,7-10H2,1H3,(H,28,32)(H2,27,29,30). The Morgan fingerprint density at radius 1 is 0.392 bits per heavy atom. The minimum absolute atomic E-state index is 0.0259. The summed E-state index contributed by atoms with van der Waals surface area (Å²) in [5.74, 6) is 0.439. The highest BCUT2D eigenvalue weighted by atomic mass is 19.4. The summed E-state index contributed by atoms with van der Waals surface area (Å²) >= 11 is 0. The number of aliphatic hydroxyl groups excluding tert-OH is 3. The predicted octanol–water partition coefficient (Wildman–Crippen LogP) is 15.8. The zero-order chi connectivity index (χ0) is 106. The number of nitrogens with two attached hydrogens (primary N) is 1. The second kappa shape index (κ2) is 47.8. The first-order valence-corrected chi connectivity index (χ1v) is 46.4. The van der Waals surface area contributed by atoms with Crippen molar-refractivity contribution < 1.29 is 116 Å². The molecule has 11 N–H and O–H groups in total. The van der Waals surface area contributed by atoms with E-state index in [0.29, 0.717) is 196 Å². The van der Waals surface area contributed by atoms with Gasteiger partial charge in [0.05, 0.1) is 130 Å². The third kappa shape index (κ3) is 28.9. The summed E-state index contributed by atoms with van der Waals surface area (Å²) in [5, 5.41) is 60.3. The normalized spacial score (nSPS) is 14.1. The summed E-state index contributed by atoms with van der Waals surface area (Å²) < 4.78 is 185. The zero-order valence-electron chi connectivity index (χ0n) is 80.6. The molecule has 4 amide bonds. The number of amides is 4. The van der Waals surface area contributed by atoms with E-state index in [2.05, 4.69) is 76.6 Å². The van der Waals surface area contributed by atoms with Crippen LogP contribution < -0.4 is 56.7 Å². The molecular formula is C102H103F12N21O13. The van der Waals surface area contributed by atoms with E-state index in [1.807, 2.05) is 49.6 Å². The van der Waals surface area contributed by atoms with E-state index in [-0.39, 0.29) is 72.5 Å². The third-order valence-corrected chi connectivity index (χ3v) is 23.5. The molecule has 0 saturated carbocycles. The van der Waals surface area contributed by atoms with Gasteiger partial charge >= 0.3 is 30.7 Å². The molecule has 17 rings (SSSR count). The molecule has 148 heavy (non-hydrogen) atoms. The number of nitrogens with one attached hydrogen (secondary N) is 5. The van der Waals surface area contributed by atoms with E-state index in [9.17, 15) is 87.2 Å². The number of aromatic nitrogens is 11. The molecule has 778 valence electrons. The maximum Gasteiger partial charge on any atom is 0.416 e. The average molecular weight is 2060 g/mol. The Morgan fingerprint density at radius 3 is 1.02 bits per heavy atom. The number of aryl methyl sites for hydroxylation is 4. The van der Waals surface area contributed by atoms with E-state index in [1.54, 1.807) is 105 Å². The smallest absolute Gasteiger partial charge is 0.416 e. The monoisotopic (exact) mass is 2060 g/mol. The number of anilines is 10. The van der Waals surface area contributed by atoms with Gasteiger partial charge in [0.15, 0.2) is 0 Å². The number of nitrogen functional groups attached to an aromatic ring is 1. The molecule has 9 heterocycles. The molecule has 4 fully saturated rings. The van der Waals surface area contributed by atoms with Gasteiger partial charge < -0.3 is 96.0 Å². The summed E-state index contributed by atoms with van der Waals surface area (Å²) in [4.78, 5) is 95.2. The molecule has 34 nitrogen and oxygen atoms in total. The minimum Gasteiger partial charge on any atom is -0.461 e. The number of ether oxygens (including phenoxy) is 5. The van der Waals surface area contributed by atoms with Crippen LogP contribution >= 0.6 is 0 Å². The van der Waals surface area contributed by atoms with Crippen molar-refractivity contribution >= 4 is 81.5 Å². The van der Waals surface area contributed by atoms with E-state index >= 15 is 0 Å². The quantitative estimate of drug-likeness (QED) is 0.0238. The lowest BCUT2D eigenvalue weighted by molar-refractivity contribution is -0.138. The number of carbonyl (C=O) groups excluding carboxylic acids is 4. The Balaban J connectivity index is 0.000000156. The molecule has 4 saturated heterocycles. The van der Waals surface area contributed by atoms with Crippen molar-refractivity contribution in [2.24, 2.45) is 0 Å². The third-order valence-electron chi connectivity index (χ3n) is 23.5. The van der Waals surface area contributed by atoms with Crippen molar-refractivity contribution in [1.82, 2.24) is 54.9 Å². The van der Waals surface area contributed by atoms with Gasteiger partial charge in [-0.25, -0.2) is 15.0 Å². The molecule has 8 aromatic carbocycles. The number of morpholine rings is 4. The number of hydrogen-bond donors (Lipinski definition) is 10. The first kappa shape index (κ1) is 108. The lowest BCUT2D eigenvalue weighted by Gasteiger charge is -2.28. The largest absolute Gasteiger partial charge is 0.461 e. The molecule has 0 bridgehead atoms. The summed E-state index contributed by atoms with van der Waals surface area (Å²) in [6, 6.07) is 44.3. The van der Waals surface area contributed by atoms with Gasteiger partial charge in [-0.15, -0.1) is 5.10 Å². The van der Waals surface area contributed by atoms with Crippen LogP contribution in [-0.4, -0.2) is 237 Å². The van der Waals surface area contributed by atoms with E-state index in [4.69, 9.17) is 44.5 Å². The summed E-state index contributed by atoms with van der Waals surface area (Å²) in [5.41, 5.74) is 10.9. The van der Waals surface area contributed by atoms with E-state index in [1.165, 1.54) is 53.2 Å². The Morgan fingerprint density at radius 2 is 0.703 bits per heavy atom. The molecule has 4 aliphatic heterocycles. The second-order valence-corrected chi connectivity index (χ2v) is 34.7. The van der Waals surface area contributed by atoms with Crippen molar-refractivity contribution in [2.45, 2.75) is 77.9 Å². The minimum atomic E-state index is -4.56. The topological polar surface area (TPSA) is 428 Å². The molecule has 0 radical (unpaired) electrons. The van der Waals surface area contributed by atoms with Gasteiger partial charge in [0.1, 0.15) is 41.2 Å². The first-order valence-electron chi connectivity index (χ1n) is 46.4. The van der Waals surface area contributed by atoms with Gasteiger partial charge in [0.25, 0.3) is 29.6 Å². The summed E-state index contributed by atoms with van der Waals surface area (Å²) in [6.45, 7) is 19.4. The fraction of sp³-hybridized carbons (Fsp3) is 0.314. The zero-order valence-corrected chi connectivity index (χ0v) is 80.6. The van der Waals surface area contributed by atoms with Gasteiger partial charge in [-0.3, -0.25) is 19.2 Å². The highest BCUT2D eigenvalue weighted by Crippen LogP contribution is 2.40. The number of alkyl halides is 12. The van der Waals surface area contributed by atoms with E-state index in [0.717, 1.165) is 76.3 Å². The van der Waals surface area contributed by atoms with Crippen LogP contribution in [0.3, 0.4) is 0 Å². The maximum absolute atomic E-state index is 13.1. The Bertz CT molecular complexity index is 6870. The second-order valence-electron chi connectivity index (χ2n) is 34.7. The highest BCUT2D eigenvalue weighted by molar-refractivity contribution is 6.07. The number of nitrogens with zero attached hydrogens (tertiary/aromatic N) is 15. The Hall–Kier alpha value is -15.5. The summed E-state index contributed by atoms with van der Waals surface area (Å²) in [6.07, 6.45) is -16.6. The van der Waals surface area contributed by atoms with E-state index < -0.39 is 82.2 Å². The van der Waals surface area contributed by atoms with Crippen LogP contribution in [0.2, 0.25) is 0 Å². The number of aliphatic hydroxyl groups is 4. The van der Waals surface area contributed by atoms with Crippen LogP contribution in [0, 0.1) is 27.7 Å². The molecule has 5 aromatic heterocycles. The molecule has 0 spiro atoms. The molecule has 13 aromatic rings. The molecule has 4 aliphatic rings. The van der Waals surface area contributed by atoms with Crippen LogP contribution in [0.25, 0.3) is 51.0 Å². The number of rotatable bonds is 25. The molecule has 46 heteroatoms. The number of carbonyl (C=O) groups is 4. The van der Waals surface area contributed by atoms with Crippen LogP contribution in [0.15, 0.2) is 200 Å². The SMILES string of the molecule is Cc1ccc(NC(=O)c2cccc(C(F)(F)F)c2)cc1-c1cc(N2CCOCC2)nc(-n2cc(C(C)(C)O)nn2)n1.Cc1ccc(NC(=O)c2cccc(C(F)(F)F)c2)cc1-c1cc(N2CCOCC2)nc(N)n1.Cc1ccc(NC(=O)c2cccc(C(F)(F)F)c2)cc1-c1cc(N2CCOCC2)nc(NC(CO)CO)n1.Cc1ccc(NC(=O)c2cccc(C(F)(F)F)c2)cc1-c1cc(N2CCOCC2)nc(OCCO)n1. The maximum atomic E-state index is 13.1. The van der Waals surface area contributed by atoms with Crippen LogP contribution in [0.4, 0.5) is 111 Å². The molecule has 0 unspecified atom stereocenters. The van der Waals surface area contributed by atoms with Crippen LogP contribution in [0.5, 0.6) is 6.01 Å². The van der Waals surface area contributed by atoms with Gasteiger partial charge in [0.2, 0.25) is 11.9 Å². The number of hydrogen-bond acceptors (Lipinski definition) is 29. The Labute approximate surface area is 839 Å². The highest BCUT2D eigenvalue weighted by Gasteiger charge is 2.36. The van der Waals surface area contributed by atoms with Crippen LogP contribution in [-0.2, 0) is 49.3 Å². The first-order chi connectivity index (χ1) is 70.5. The van der Waals surface area contributed by atoms with Crippen molar-refractivity contribution in [3.63, 3.8) is 0 Å². The van der Waals surface area contributed by atoms with Crippen molar-refractivity contribution in [3.05, 3.63) is 273 Å². The number of halogens is 12. The lowest BCUT2D eigenvalue weighted by atomic mass is 10.0. The average Bonchev–Trinajstić information content (AvgIpc) is 1.25. The number of benzene rings is 8. The van der Waals surface area contributed by atoms with Gasteiger partial charge in [-0.1, -0.05) is 53.7 Å². The Kier molecular flexibility index (Phi) is 35.0. The van der Waals surface area contributed by atoms with Crippen LogP contribution in [0.1, 0.15) is 105 Å². The lowest BCUT2D eigenvalue weighted by Crippen LogP contribution is -2.37. The van der Waals surface area contributed by atoms with Gasteiger partial charge in [0, 0.05) is 144 Å². The fourth-order valence-electron chi connectivity index (χ4n) is 15.5. The van der Waals surface area contributed by atoms with Gasteiger partial charge in [-0.2, -0.15) is 82.3 Å². The van der Waals surface area contributed by atoms with Crippen molar-refractivity contribution in [2.75, 3.05) is 184 Å².